The van der Waals surface area contributed by atoms with Crippen LogP contribution in [0.1, 0.15) is 57.9 Å². The molecule has 128 valence electrons. The summed E-state index contributed by atoms with van der Waals surface area (Å²) in [6.07, 6.45) is 2.96. The number of hydrogen-bond acceptors (Lipinski definition) is 3. The summed E-state index contributed by atoms with van der Waals surface area (Å²) in [6, 6.07) is 6.99. The normalized spacial score (nSPS) is 18.5. The van der Waals surface area contributed by atoms with E-state index in [1.165, 1.54) is 0 Å². The number of nitrogens with one attached hydrogen (secondary N) is 1. The molecule has 1 aliphatic rings. The third-order valence-electron chi connectivity index (χ3n) is 4.80. The predicted molar refractivity (Wildman–Crippen MR) is 91.3 cm³/mol. The lowest BCUT2D eigenvalue weighted by molar-refractivity contribution is -0.123. The maximum atomic E-state index is 12.5. The van der Waals surface area contributed by atoms with Crippen LogP contribution in [0.3, 0.4) is 0 Å². The van der Waals surface area contributed by atoms with Crippen molar-refractivity contribution in [3.05, 3.63) is 29.8 Å². The molecular formula is C19H29NO3. The van der Waals surface area contributed by atoms with Crippen molar-refractivity contribution in [3.8, 4) is 5.75 Å². The van der Waals surface area contributed by atoms with E-state index in [4.69, 9.17) is 0 Å². The van der Waals surface area contributed by atoms with E-state index in [0.717, 1.165) is 24.8 Å². The molecule has 1 fully saturated rings. The minimum Gasteiger partial charge on any atom is -0.508 e. The fourth-order valence-corrected chi connectivity index (χ4v) is 3.14. The van der Waals surface area contributed by atoms with Crippen LogP contribution in [0.5, 0.6) is 5.75 Å². The molecule has 1 aromatic rings. The predicted octanol–water partition coefficient (Wildman–Crippen LogP) is 3.19. The van der Waals surface area contributed by atoms with Crippen LogP contribution in [0, 0.1) is 11.8 Å². The van der Waals surface area contributed by atoms with Crippen LogP contribution in [0.15, 0.2) is 24.3 Å². The molecule has 2 rings (SSSR count). The second-order valence-electron chi connectivity index (χ2n) is 7.06. The van der Waals surface area contributed by atoms with Gasteiger partial charge in [0.1, 0.15) is 5.75 Å². The molecule has 0 heterocycles. The van der Waals surface area contributed by atoms with Crippen molar-refractivity contribution >= 4 is 5.91 Å². The lowest BCUT2D eigenvalue weighted by Gasteiger charge is -2.26. The molecule has 3 N–H and O–H groups in total. The molecule has 1 amide bonds. The van der Waals surface area contributed by atoms with Crippen molar-refractivity contribution in [2.24, 2.45) is 11.8 Å². The Bertz CT molecular complexity index is 508. The number of phenols is 1. The second-order valence-corrected chi connectivity index (χ2v) is 7.06. The Labute approximate surface area is 138 Å². The van der Waals surface area contributed by atoms with Crippen molar-refractivity contribution in [1.29, 1.82) is 0 Å². The summed E-state index contributed by atoms with van der Waals surface area (Å²) in [5.41, 5.74) is 1.11. The summed E-state index contributed by atoms with van der Waals surface area (Å²) in [7, 11) is 0. The number of phenolic OH excluding ortho intramolecular Hbond substituents is 1. The summed E-state index contributed by atoms with van der Waals surface area (Å²) in [4.78, 5) is 12.5. The average Bonchev–Trinajstić information content (AvgIpc) is 3.35. The number of hydrogen-bond donors (Lipinski definition) is 3. The first kappa shape index (κ1) is 17.8. The molecule has 4 heteroatoms. The van der Waals surface area contributed by atoms with E-state index in [0.29, 0.717) is 12.3 Å². The van der Waals surface area contributed by atoms with Crippen LogP contribution in [0.4, 0.5) is 0 Å². The SMILES string of the molecule is CCC(NC(=O)CC(c1ccc(O)cc1)C1CC1)C(O)C(C)C. The fourth-order valence-electron chi connectivity index (χ4n) is 3.14. The van der Waals surface area contributed by atoms with Gasteiger partial charge in [-0.15, -0.1) is 0 Å². The van der Waals surface area contributed by atoms with Crippen LogP contribution in [-0.4, -0.2) is 28.3 Å². The van der Waals surface area contributed by atoms with Gasteiger partial charge in [-0.25, -0.2) is 0 Å². The molecule has 3 unspecified atom stereocenters. The van der Waals surface area contributed by atoms with Gasteiger partial charge in [0.05, 0.1) is 12.1 Å². The quantitative estimate of drug-likeness (QED) is 0.689. The Balaban J connectivity index is 1.99. The Kier molecular flexibility index (Phi) is 6.05. The van der Waals surface area contributed by atoms with E-state index in [1.807, 2.05) is 32.9 Å². The van der Waals surface area contributed by atoms with Gasteiger partial charge in [0.15, 0.2) is 0 Å². The van der Waals surface area contributed by atoms with Gasteiger partial charge in [-0.05, 0) is 54.7 Å². The molecule has 4 nitrogen and oxygen atoms in total. The number of amides is 1. The van der Waals surface area contributed by atoms with E-state index in [-0.39, 0.29) is 29.5 Å². The smallest absolute Gasteiger partial charge is 0.220 e. The first-order valence-corrected chi connectivity index (χ1v) is 8.68. The monoisotopic (exact) mass is 319 g/mol. The zero-order valence-electron chi connectivity index (χ0n) is 14.3. The molecule has 1 saturated carbocycles. The highest BCUT2D eigenvalue weighted by atomic mass is 16.3. The second kappa shape index (κ2) is 7.82. The maximum Gasteiger partial charge on any atom is 0.220 e. The summed E-state index contributed by atoms with van der Waals surface area (Å²) < 4.78 is 0. The number of aliphatic hydroxyl groups excluding tert-OH is 1. The summed E-state index contributed by atoms with van der Waals surface area (Å²) in [5.74, 6) is 1.13. The highest BCUT2D eigenvalue weighted by Crippen LogP contribution is 2.44. The maximum absolute atomic E-state index is 12.5. The van der Waals surface area contributed by atoms with Gasteiger partial charge in [-0.3, -0.25) is 4.79 Å². The van der Waals surface area contributed by atoms with Crippen molar-refractivity contribution in [2.45, 2.75) is 64.5 Å². The zero-order chi connectivity index (χ0) is 17.0. The molecular weight excluding hydrogens is 290 g/mol. The minimum atomic E-state index is -0.517. The molecule has 3 atom stereocenters. The number of rotatable bonds is 8. The van der Waals surface area contributed by atoms with Gasteiger partial charge < -0.3 is 15.5 Å². The average molecular weight is 319 g/mol. The van der Waals surface area contributed by atoms with Gasteiger partial charge in [0.25, 0.3) is 0 Å². The Morgan fingerprint density at radius 2 is 1.87 bits per heavy atom. The van der Waals surface area contributed by atoms with Crippen molar-refractivity contribution in [2.75, 3.05) is 0 Å². The van der Waals surface area contributed by atoms with Crippen molar-refractivity contribution < 1.29 is 15.0 Å². The van der Waals surface area contributed by atoms with Crippen molar-refractivity contribution in [1.82, 2.24) is 5.32 Å². The van der Waals surface area contributed by atoms with Gasteiger partial charge in [-0.1, -0.05) is 32.9 Å². The number of aliphatic hydroxyl groups is 1. The van der Waals surface area contributed by atoms with Crippen LogP contribution in [0.2, 0.25) is 0 Å². The van der Waals surface area contributed by atoms with Gasteiger partial charge in [0, 0.05) is 6.42 Å². The highest BCUT2D eigenvalue weighted by molar-refractivity contribution is 5.77. The van der Waals surface area contributed by atoms with E-state index < -0.39 is 6.10 Å². The molecule has 1 aromatic carbocycles. The number of aromatic hydroxyl groups is 1. The molecule has 0 aromatic heterocycles. The van der Waals surface area contributed by atoms with Gasteiger partial charge in [-0.2, -0.15) is 0 Å². The lowest BCUT2D eigenvalue weighted by Crippen LogP contribution is -2.45. The first-order chi connectivity index (χ1) is 10.9. The van der Waals surface area contributed by atoms with Gasteiger partial charge in [0.2, 0.25) is 5.91 Å². The largest absolute Gasteiger partial charge is 0.508 e. The molecule has 0 spiro atoms. The molecule has 1 aliphatic carbocycles. The Hall–Kier alpha value is -1.55. The van der Waals surface area contributed by atoms with Crippen LogP contribution in [-0.2, 0) is 4.79 Å². The standard InChI is InChI=1S/C19H29NO3/c1-4-17(19(23)12(2)3)20-18(22)11-16(13-5-6-13)14-7-9-15(21)10-8-14/h7-10,12-13,16-17,19,21,23H,4-6,11H2,1-3H3,(H,20,22). The van der Waals surface area contributed by atoms with Crippen LogP contribution < -0.4 is 5.32 Å². The topological polar surface area (TPSA) is 69.6 Å². The minimum absolute atomic E-state index is 0.00141. The molecule has 0 saturated heterocycles. The molecule has 0 radical (unpaired) electrons. The molecule has 0 aliphatic heterocycles. The van der Waals surface area contributed by atoms with E-state index in [1.54, 1.807) is 12.1 Å². The van der Waals surface area contributed by atoms with Crippen LogP contribution in [0.25, 0.3) is 0 Å². The molecule has 0 bridgehead atoms. The number of benzene rings is 1. The van der Waals surface area contributed by atoms with E-state index in [9.17, 15) is 15.0 Å². The Morgan fingerprint density at radius 3 is 2.35 bits per heavy atom. The Morgan fingerprint density at radius 1 is 1.26 bits per heavy atom. The first-order valence-electron chi connectivity index (χ1n) is 8.68. The van der Waals surface area contributed by atoms with Crippen molar-refractivity contribution in [3.63, 3.8) is 0 Å². The third-order valence-corrected chi connectivity index (χ3v) is 4.80. The van der Waals surface area contributed by atoms with Gasteiger partial charge >= 0.3 is 0 Å². The number of carbonyl (C=O) groups excluding carboxylic acids is 1. The summed E-state index contributed by atoms with van der Waals surface area (Å²) in [5, 5.41) is 22.6. The lowest BCUT2D eigenvalue weighted by atomic mass is 9.90. The van der Waals surface area contributed by atoms with E-state index in [2.05, 4.69) is 5.32 Å². The zero-order valence-corrected chi connectivity index (χ0v) is 14.3. The number of carbonyl (C=O) groups is 1. The summed E-state index contributed by atoms with van der Waals surface area (Å²) in [6.45, 7) is 5.90. The fraction of sp³-hybridized carbons (Fsp3) is 0.632. The van der Waals surface area contributed by atoms with Crippen LogP contribution >= 0.6 is 0 Å². The van der Waals surface area contributed by atoms with E-state index >= 15 is 0 Å². The highest BCUT2D eigenvalue weighted by Gasteiger charge is 2.34. The summed E-state index contributed by atoms with van der Waals surface area (Å²) >= 11 is 0. The molecule has 23 heavy (non-hydrogen) atoms. The third kappa shape index (κ3) is 4.96.